The fourth-order valence-electron chi connectivity index (χ4n) is 1.94. The highest BCUT2D eigenvalue weighted by Crippen LogP contribution is 2.19. The summed E-state index contributed by atoms with van der Waals surface area (Å²) < 4.78 is 4.94. The number of hydrogen-bond acceptors (Lipinski definition) is 3. The molecule has 0 bridgehead atoms. The third-order valence-electron chi connectivity index (χ3n) is 2.86. The second kappa shape index (κ2) is 3.46. The molecular weight excluding hydrogens is 234 g/mol. The first-order valence-electron chi connectivity index (χ1n) is 5.33. The van der Waals surface area contributed by atoms with E-state index in [0.717, 1.165) is 11.3 Å². The lowest BCUT2D eigenvalue weighted by Gasteiger charge is -1.94. The van der Waals surface area contributed by atoms with Gasteiger partial charge in [-0.15, -0.1) is 0 Å². The smallest absolute Gasteiger partial charge is 0.354 e. The van der Waals surface area contributed by atoms with E-state index in [0.29, 0.717) is 5.78 Å². The van der Waals surface area contributed by atoms with Gasteiger partial charge in [0.2, 0.25) is 5.78 Å². The number of aromatic carboxylic acids is 1. The van der Waals surface area contributed by atoms with Crippen molar-refractivity contribution in [2.24, 2.45) is 14.1 Å². The second-order valence-corrected chi connectivity index (χ2v) is 4.11. The molecule has 0 saturated carbocycles. The fraction of sp³-hybridized carbons (Fsp3) is 0.182. The van der Waals surface area contributed by atoms with E-state index in [-0.39, 0.29) is 5.69 Å². The van der Waals surface area contributed by atoms with Crippen molar-refractivity contribution >= 4 is 11.7 Å². The van der Waals surface area contributed by atoms with Crippen molar-refractivity contribution in [1.29, 1.82) is 0 Å². The third-order valence-corrected chi connectivity index (χ3v) is 2.86. The van der Waals surface area contributed by atoms with Crippen LogP contribution in [0.1, 0.15) is 10.5 Å². The van der Waals surface area contributed by atoms with Gasteiger partial charge in [0.1, 0.15) is 5.69 Å². The largest absolute Gasteiger partial charge is 0.477 e. The van der Waals surface area contributed by atoms with Gasteiger partial charge in [0, 0.05) is 38.2 Å². The van der Waals surface area contributed by atoms with Crippen molar-refractivity contribution in [2.45, 2.75) is 0 Å². The van der Waals surface area contributed by atoms with Crippen LogP contribution in [0.25, 0.3) is 17.0 Å². The molecule has 0 aliphatic heterocycles. The number of aromatic nitrogens is 5. The van der Waals surface area contributed by atoms with E-state index in [4.69, 9.17) is 5.11 Å². The number of carboxylic acids is 1. The lowest BCUT2D eigenvalue weighted by molar-refractivity contribution is 0.0687. The van der Waals surface area contributed by atoms with Crippen LogP contribution in [-0.4, -0.2) is 34.8 Å². The summed E-state index contributed by atoms with van der Waals surface area (Å²) in [5, 5.41) is 13.1. The first-order valence-corrected chi connectivity index (χ1v) is 5.33. The van der Waals surface area contributed by atoms with Crippen LogP contribution < -0.4 is 0 Å². The Bertz CT molecular complexity index is 749. The molecule has 0 spiro atoms. The van der Waals surface area contributed by atoms with Crippen LogP contribution in [-0.2, 0) is 14.1 Å². The lowest BCUT2D eigenvalue weighted by Crippen LogP contribution is -2.04. The van der Waals surface area contributed by atoms with Gasteiger partial charge in [0.25, 0.3) is 0 Å². The maximum absolute atomic E-state index is 11.0. The molecule has 0 saturated heterocycles. The second-order valence-electron chi connectivity index (χ2n) is 4.11. The molecule has 0 atom stereocenters. The van der Waals surface area contributed by atoms with Gasteiger partial charge < -0.3 is 9.67 Å². The molecule has 7 nitrogen and oxygen atoms in total. The minimum Gasteiger partial charge on any atom is -0.477 e. The van der Waals surface area contributed by atoms with Crippen LogP contribution in [0.2, 0.25) is 0 Å². The van der Waals surface area contributed by atoms with Gasteiger partial charge in [-0.1, -0.05) is 0 Å². The van der Waals surface area contributed by atoms with Gasteiger partial charge in [-0.05, 0) is 0 Å². The average molecular weight is 245 g/mol. The van der Waals surface area contributed by atoms with E-state index in [9.17, 15) is 4.79 Å². The van der Waals surface area contributed by atoms with Crippen molar-refractivity contribution in [1.82, 2.24) is 23.7 Å². The fourth-order valence-corrected chi connectivity index (χ4v) is 1.94. The van der Waals surface area contributed by atoms with Crippen molar-refractivity contribution < 1.29 is 9.90 Å². The molecule has 7 heteroatoms. The predicted octanol–water partition coefficient (Wildman–Crippen LogP) is 0.771. The highest BCUT2D eigenvalue weighted by molar-refractivity contribution is 5.86. The molecule has 3 heterocycles. The summed E-state index contributed by atoms with van der Waals surface area (Å²) in [6.07, 6.45) is 6.92. The third kappa shape index (κ3) is 1.41. The van der Waals surface area contributed by atoms with Gasteiger partial charge in [-0.25, -0.2) is 9.78 Å². The van der Waals surface area contributed by atoms with Crippen molar-refractivity contribution in [3.05, 3.63) is 30.5 Å². The number of carboxylic acid groups (broad SMARTS) is 1. The Kier molecular flexibility index (Phi) is 2.03. The number of rotatable bonds is 2. The van der Waals surface area contributed by atoms with Crippen LogP contribution in [0.4, 0.5) is 0 Å². The van der Waals surface area contributed by atoms with E-state index in [1.807, 2.05) is 13.2 Å². The molecule has 1 N–H and O–H groups in total. The maximum Gasteiger partial charge on any atom is 0.354 e. The van der Waals surface area contributed by atoms with Crippen LogP contribution in [0.15, 0.2) is 24.8 Å². The van der Waals surface area contributed by atoms with Crippen molar-refractivity contribution in [3.63, 3.8) is 0 Å². The van der Waals surface area contributed by atoms with Crippen molar-refractivity contribution in [3.8, 4) is 11.3 Å². The molecule has 0 radical (unpaired) electrons. The predicted molar refractivity (Wildman–Crippen MR) is 63.3 cm³/mol. The Hall–Kier alpha value is -2.57. The van der Waals surface area contributed by atoms with Gasteiger partial charge >= 0.3 is 5.97 Å². The summed E-state index contributed by atoms with van der Waals surface area (Å²) in [6, 6.07) is 0. The molecule has 3 aromatic rings. The van der Waals surface area contributed by atoms with Crippen LogP contribution in [0, 0.1) is 0 Å². The first-order chi connectivity index (χ1) is 8.56. The van der Waals surface area contributed by atoms with Gasteiger partial charge in [0.15, 0.2) is 0 Å². The number of hydrogen-bond donors (Lipinski definition) is 1. The summed E-state index contributed by atoms with van der Waals surface area (Å²) in [5.41, 5.74) is 1.87. The molecule has 3 rings (SSSR count). The minimum absolute atomic E-state index is 0.204. The standard InChI is InChI=1S/C11H11N5O2/c1-14-4-7(3-12-14)8-5-16-6-9(10(17)18)15(2)11(16)13-8/h3-6H,1-2H3,(H,17,18). The minimum atomic E-state index is -0.967. The molecule has 0 aliphatic rings. The number of fused-ring (bicyclic) bond motifs is 1. The molecule has 0 aliphatic carbocycles. The lowest BCUT2D eigenvalue weighted by atomic mass is 10.3. The van der Waals surface area contributed by atoms with E-state index < -0.39 is 5.97 Å². The van der Waals surface area contributed by atoms with E-state index >= 15 is 0 Å². The Morgan fingerprint density at radius 1 is 1.28 bits per heavy atom. The Balaban J connectivity index is 2.16. The van der Waals surface area contributed by atoms with Gasteiger partial charge in [-0.3, -0.25) is 9.08 Å². The summed E-state index contributed by atoms with van der Waals surface area (Å²) >= 11 is 0. The quantitative estimate of drug-likeness (QED) is 0.723. The zero-order valence-electron chi connectivity index (χ0n) is 9.90. The maximum atomic E-state index is 11.0. The molecule has 0 unspecified atom stereocenters. The van der Waals surface area contributed by atoms with E-state index in [1.165, 1.54) is 0 Å². The SMILES string of the molecule is Cn1cc(-c2cn3cc(C(=O)O)n(C)c3n2)cn1. The molecular formula is C11H11N5O2. The van der Waals surface area contributed by atoms with Gasteiger partial charge in [-0.2, -0.15) is 5.10 Å². The Morgan fingerprint density at radius 3 is 2.61 bits per heavy atom. The summed E-state index contributed by atoms with van der Waals surface area (Å²) in [7, 11) is 3.51. The molecule has 3 aromatic heterocycles. The molecule has 92 valence electrons. The normalized spacial score (nSPS) is 11.2. The zero-order chi connectivity index (χ0) is 12.9. The van der Waals surface area contributed by atoms with Crippen LogP contribution in [0.3, 0.4) is 0 Å². The molecule has 18 heavy (non-hydrogen) atoms. The number of imidazole rings is 2. The van der Waals surface area contributed by atoms with E-state index in [1.54, 1.807) is 39.3 Å². The number of aryl methyl sites for hydroxylation is 2. The summed E-state index contributed by atoms with van der Waals surface area (Å²) in [4.78, 5) is 15.4. The van der Waals surface area contributed by atoms with E-state index in [2.05, 4.69) is 10.1 Å². The highest BCUT2D eigenvalue weighted by atomic mass is 16.4. The number of carbonyl (C=O) groups is 1. The molecule has 0 fully saturated rings. The zero-order valence-corrected chi connectivity index (χ0v) is 9.90. The highest BCUT2D eigenvalue weighted by Gasteiger charge is 2.15. The van der Waals surface area contributed by atoms with Crippen LogP contribution >= 0.6 is 0 Å². The first kappa shape index (κ1) is 10.6. The Morgan fingerprint density at radius 2 is 2.06 bits per heavy atom. The molecule has 0 amide bonds. The average Bonchev–Trinajstić information content (AvgIpc) is 2.95. The topological polar surface area (TPSA) is 77.4 Å². The Labute approximate surface area is 102 Å². The monoisotopic (exact) mass is 245 g/mol. The summed E-state index contributed by atoms with van der Waals surface area (Å²) in [6.45, 7) is 0. The summed E-state index contributed by atoms with van der Waals surface area (Å²) in [5.74, 6) is -0.378. The number of nitrogens with zero attached hydrogens (tertiary/aromatic N) is 5. The van der Waals surface area contributed by atoms with Gasteiger partial charge in [0.05, 0.1) is 11.9 Å². The molecule has 0 aromatic carbocycles. The van der Waals surface area contributed by atoms with Crippen LogP contribution in [0.5, 0.6) is 0 Å². The van der Waals surface area contributed by atoms with Crippen molar-refractivity contribution in [2.75, 3.05) is 0 Å².